The highest BCUT2D eigenvalue weighted by Gasteiger charge is 2.21. The molecule has 2 rings (SSSR count). The number of benzene rings is 1. The van der Waals surface area contributed by atoms with E-state index in [0.717, 1.165) is 17.8 Å². The molecule has 1 atom stereocenters. The summed E-state index contributed by atoms with van der Waals surface area (Å²) in [7, 11) is 0. The van der Waals surface area contributed by atoms with E-state index in [1.54, 1.807) is 0 Å². The van der Waals surface area contributed by atoms with E-state index in [-0.39, 0.29) is 50.3 Å². The molecule has 0 fully saturated rings. The first-order valence-corrected chi connectivity index (χ1v) is 7.98. The lowest BCUT2D eigenvalue weighted by Gasteiger charge is -2.14. The summed E-state index contributed by atoms with van der Waals surface area (Å²) in [5, 5.41) is 56.9. The highest BCUT2D eigenvalue weighted by molar-refractivity contribution is 7.99. The molecule has 0 aliphatic rings. The normalized spacial score (nSPS) is 11.5. The molecule has 1 unspecified atom stereocenters. The number of rotatable bonds is 5. The van der Waals surface area contributed by atoms with Crippen LogP contribution in [0.4, 0.5) is 5.82 Å². The molecular weight excluding hydrogens is 344 g/mol. The minimum Gasteiger partial charge on any atom is -0.508 e. The molecule has 0 aliphatic heterocycles. The fourth-order valence-corrected chi connectivity index (χ4v) is 3.07. The molecule has 8 nitrogen and oxygen atoms in total. The van der Waals surface area contributed by atoms with Crippen LogP contribution in [0.2, 0.25) is 0 Å². The number of phenols is 2. The number of anilines is 1. The maximum absolute atomic E-state index is 9.69. The van der Waals surface area contributed by atoms with Crippen molar-refractivity contribution in [3.8, 4) is 34.8 Å². The highest BCUT2D eigenvalue weighted by Crippen LogP contribution is 2.38. The van der Waals surface area contributed by atoms with Crippen LogP contribution in [0.25, 0.3) is 11.1 Å². The third-order valence-corrected chi connectivity index (χ3v) is 4.35. The van der Waals surface area contributed by atoms with E-state index >= 15 is 0 Å². The van der Waals surface area contributed by atoms with E-state index in [9.17, 15) is 25.8 Å². The number of aliphatic hydroxyl groups is 2. The summed E-state index contributed by atoms with van der Waals surface area (Å²) in [5.41, 5.74) is 6.13. The van der Waals surface area contributed by atoms with E-state index in [0.29, 0.717) is 0 Å². The number of nitrogen functional groups attached to an aromatic ring is 1. The van der Waals surface area contributed by atoms with Gasteiger partial charge in [0.15, 0.2) is 0 Å². The average molecular weight is 358 g/mol. The molecule has 0 radical (unpaired) electrons. The number of phenolic OH excluding ortho intramolecular Hbond substituents is 2. The molecule has 1 heterocycles. The van der Waals surface area contributed by atoms with Crippen LogP contribution in [-0.2, 0) is 0 Å². The number of hydrogen-bond donors (Lipinski definition) is 5. The second-order valence-corrected chi connectivity index (χ2v) is 6.04. The van der Waals surface area contributed by atoms with Crippen molar-refractivity contribution >= 4 is 17.6 Å². The Bertz CT molecular complexity index is 869. The predicted molar refractivity (Wildman–Crippen MR) is 90.7 cm³/mol. The number of aromatic nitrogens is 1. The maximum atomic E-state index is 9.69. The van der Waals surface area contributed by atoms with Crippen LogP contribution in [0.1, 0.15) is 11.1 Å². The van der Waals surface area contributed by atoms with Gasteiger partial charge in [-0.2, -0.15) is 10.5 Å². The summed E-state index contributed by atoms with van der Waals surface area (Å²) >= 11 is 0.997. The van der Waals surface area contributed by atoms with Crippen LogP contribution in [0, 0.1) is 22.7 Å². The molecule has 6 N–H and O–H groups in total. The number of aliphatic hydroxyl groups excluding tert-OH is 2. The second kappa shape index (κ2) is 7.73. The van der Waals surface area contributed by atoms with Gasteiger partial charge in [0.1, 0.15) is 40.0 Å². The van der Waals surface area contributed by atoms with Gasteiger partial charge in [-0.15, -0.1) is 11.8 Å². The van der Waals surface area contributed by atoms with Crippen molar-refractivity contribution in [3.05, 3.63) is 29.3 Å². The van der Waals surface area contributed by atoms with Gasteiger partial charge in [0.05, 0.1) is 18.3 Å². The number of nitrogens with zero attached hydrogens (tertiary/aromatic N) is 3. The third-order valence-electron chi connectivity index (χ3n) is 3.23. The average Bonchev–Trinajstić information content (AvgIpc) is 2.57. The summed E-state index contributed by atoms with van der Waals surface area (Å²) in [6.07, 6.45) is -1.01. The largest absolute Gasteiger partial charge is 0.508 e. The van der Waals surface area contributed by atoms with Crippen molar-refractivity contribution in [2.75, 3.05) is 18.1 Å². The Labute approximate surface area is 147 Å². The van der Waals surface area contributed by atoms with Gasteiger partial charge in [0, 0.05) is 17.4 Å². The summed E-state index contributed by atoms with van der Waals surface area (Å²) < 4.78 is 0. The lowest BCUT2D eigenvalue weighted by atomic mass is 9.96. The molecule has 0 amide bonds. The quantitative estimate of drug-likeness (QED) is 0.488. The lowest BCUT2D eigenvalue weighted by molar-refractivity contribution is 0.113. The van der Waals surface area contributed by atoms with Gasteiger partial charge in [-0.3, -0.25) is 0 Å². The standard InChI is InChI=1S/C16H14N4O4S/c17-4-12-14(8-1-9(22)3-10(23)2-8)13(5-18)16(20-15(12)19)25-7-11(24)6-21/h1-3,11,21-24H,6-7H2,(H2,19,20). The number of thioether (sulfide) groups is 1. The van der Waals surface area contributed by atoms with Crippen LogP contribution < -0.4 is 5.73 Å². The minimum atomic E-state index is -1.01. The number of pyridine rings is 1. The Morgan fingerprint density at radius 1 is 1.12 bits per heavy atom. The Morgan fingerprint density at radius 3 is 2.24 bits per heavy atom. The van der Waals surface area contributed by atoms with Crippen molar-refractivity contribution in [1.29, 1.82) is 10.5 Å². The molecule has 0 saturated carbocycles. The number of hydrogen-bond acceptors (Lipinski definition) is 9. The first kappa shape index (κ1) is 18.4. The predicted octanol–water partition coefficient (Wildman–Crippen LogP) is 0.931. The fraction of sp³-hybridized carbons (Fsp3) is 0.188. The SMILES string of the molecule is N#Cc1c(N)nc(SCC(O)CO)c(C#N)c1-c1cc(O)cc(O)c1. The molecular formula is C16H14N4O4S. The molecule has 9 heteroatoms. The van der Waals surface area contributed by atoms with Gasteiger partial charge in [-0.25, -0.2) is 4.98 Å². The van der Waals surface area contributed by atoms with E-state index in [1.165, 1.54) is 12.1 Å². The summed E-state index contributed by atoms with van der Waals surface area (Å²) in [4.78, 5) is 4.03. The zero-order valence-corrected chi connectivity index (χ0v) is 13.7. The molecule has 128 valence electrons. The van der Waals surface area contributed by atoms with Crippen LogP contribution >= 0.6 is 11.8 Å². The van der Waals surface area contributed by atoms with E-state index in [1.807, 2.05) is 12.1 Å². The summed E-state index contributed by atoms with van der Waals surface area (Å²) in [6, 6.07) is 7.51. The molecule has 0 aliphatic carbocycles. The Kier molecular flexibility index (Phi) is 5.67. The first-order chi connectivity index (χ1) is 11.9. The van der Waals surface area contributed by atoms with Crippen molar-refractivity contribution in [2.24, 2.45) is 0 Å². The van der Waals surface area contributed by atoms with Gasteiger partial charge in [-0.1, -0.05) is 0 Å². The van der Waals surface area contributed by atoms with Gasteiger partial charge in [0.25, 0.3) is 0 Å². The topological polar surface area (TPSA) is 167 Å². The van der Waals surface area contributed by atoms with Crippen molar-refractivity contribution in [1.82, 2.24) is 4.98 Å². The molecule has 0 saturated heterocycles. The molecule has 0 bridgehead atoms. The molecule has 25 heavy (non-hydrogen) atoms. The van der Waals surface area contributed by atoms with E-state index < -0.39 is 12.7 Å². The Morgan fingerprint density at radius 2 is 1.72 bits per heavy atom. The van der Waals surface area contributed by atoms with Crippen molar-refractivity contribution in [2.45, 2.75) is 11.1 Å². The van der Waals surface area contributed by atoms with Crippen LogP contribution in [0.15, 0.2) is 23.2 Å². The highest BCUT2D eigenvalue weighted by atomic mass is 32.2. The summed E-state index contributed by atoms with van der Waals surface area (Å²) in [5.74, 6) is -0.555. The van der Waals surface area contributed by atoms with Crippen molar-refractivity contribution in [3.63, 3.8) is 0 Å². The third kappa shape index (κ3) is 3.92. The number of nitriles is 2. The van der Waals surface area contributed by atoms with Gasteiger partial charge in [-0.05, 0) is 17.7 Å². The van der Waals surface area contributed by atoms with E-state index in [4.69, 9.17) is 10.8 Å². The van der Waals surface area contributed by atoms with Crippen LogP contribution in [-0.4, -0.2) is 43.9 Å². The summed E-state index contributed by atoms with van der Waals surface area (Å²) in [6.45, 7) is -0.450. The molecule has 1 aromatic heterocycles. The second-order valence-electron chi connectivity index (χ2n) is 5.04. The zero-order valence-electron chi connectivity index (χ0n) is 12.8. The molecule has 1 aromatic carbocycles. The fourth-order valence-electron chi connectivity index (χ4n) is 2.16. The number of nitrogens with two attached hydrogens (primary N) is 1. The van der Waals surface area contributed by atoms with E-state index in [2.05, 4.69) is 4.98 Å². The van der Waals surface area contributed by atoms with Crippen LogP contribution in [0.5, 0.6) is 11.5 Å². The minimum absolute atomic E-state index is 0.0193. The number of aromatic hydroxyl groups is 2. The zero-order chi connectivity index (χ0) is 18.6. The Balaban J connectivity index is 2.70. The van der Waals surface area contributed by atoms with Gasteiger partial charge < -0.3 is 26.2 Å². The maximum Gasteiger partial charge on any atom is 0.143 e. The van der Waals surface area contributed by atoms with Gasteiger partial charge >= 0.3 is 0 Å². The van der Waals surface area contributed by atoms with Gasteiger partial charge in [0.2, 0.25) is 0 Å². The Hall–Kier alpha value is -2.98. The molecule has 0 spiro atoms. The first-order valence-electron chi connectivity index (χ1n) is 7.00. The monoisotopic (exact) mass is 358 g/mol. The van der Waals surface area contributed by atoms with Crippen LogP contribution in [0.3, 0.4) is 0 Å². The van der Waals surface area contributed by atoms with Crippen molar-refractivity contribution < 1.29 is 20.4 Å². The molecule has 2 aromatic rings. The lowest BCUT2D eigenvalue weighted by Crippen LogP contribution is -2.15. The smallest absolute Gasteiger partial charge is 0.143 e.